The Balaban J connectivity index is 1.83. The summed E-state index contributed by atoms with van der Waals surface area (Å²) in [5.41, 5.74) is 1.85. The minimum absolute atomic E-state index is 0.0969. The molecule has 1 N–H and O–H groups in total. The van der Waals surface area contributed by atoms with Crippen LogP contribution in [0.3, 0.4) is 0 Å². The summed E-state index contributed by atoms with van der Waals surface area (Å²) < 4.78 is 5.34. The van der Waals surface area contributed by atoms with Crippen molar-refractivity contribution in [2.45, 2.75) is 64.0 Å². The van der Waals surface area contributed by atoms with E-state index >= 15 is 0 Å². The maximum absolute atomic E-state index is 12.9. The highest BCUT2D eigenvalue weighted by Gasteiger charge is 2.34. The predicted octanol–water partition coefficient (Wildman–Crippen LogP) is 6.20. The van der Waals surface area contributed by atoms with Crippen molar-refractivity contribution >= 4 is 40.0 Å². The van der Waals surface area contributed by atoms with E-state index in [-0.39, 0.29) is 22.5 Å². The lowest BCUT2D eigenvalue weighted by Crippen LogP contribution is -2.27. The molecule has 1 aromatic carbocycles. The number of fused-ring (bicyclic) bond motifs is 1. The first kappa shape index (κ1) is 22.9. The number of carbonyl (C=O) groups is 2. The lowest BCUT2D eigenvalue weighted by Gasteiger charge is -2.33. The zero-order chi connectivity index (χ0) is 21.9. The molecule has 3 rings (SSSR count). The Morgan fingerprint density at radius 1 is 1.27 bits per heavy atom. The minimum atomic E-state index is -0.331. The molecule has 6 heteroatoms. The molecule has 0 radical (unpaired) electrons. The van der Waals surface area contributed by atoms with E-state index in [1.807, 2.05) is 44.2 Å². The quantitative estimate of drug-likeness (QED) is 0.425. The first-order valence-electron chi connectivity index (χ1n) is 10.5. The smallest absolute Gasteiger partial charge is 0.341 e. The summed E-state index contributed by atoms with van der Waals surface area (Å²) in [5.74, 6) is 0.137. The Bertz CT molecular complexity index is 899. The van der Waals surface area contributed by atoms with E-state index in [0.29, 0.717) is 23.1 Å². The van der Waals surface area contributed by atoms with Crippen LogP contribution in [-0.2, 0) is 22.4 Å². The number of esters is 1. The third-order valence-electron chi connectivity index (χ3n) is 5.63. The van der Waals surface area contributed by atoms with Crippen molar-refractivity contribution < 1.29 is 14.3 Å². The van der Waals surface area contributed by atoms with Gasteiger partial charge in [0.15, 0.2) is 0 Å². The molecule has 1 aliphatic carbocycles. The number of ether oxygens (including phenoxy) is 1. The second-order valence-electron chi connectivity index (χ2n) is 8.80. The summed E-state index contributed by atoms with van der Waals surface area (Å²) >= 11 is 3.06. The molecule has 0 fully saturated rings. The highest BCUT2D eigenvalue weighted by Crippen LogP contribution is 2.44. The van der Waals surface area contributed by atoms with Crippen LogP contribution in [0.25, 0.3) is 0 Å². The van der Waals surface area contributed by atoms with E-state index < -0.39 is 0 Å². The van der Waals surface area contributed by atoms with Crippen LogP contribution in [0.1, 0.15) is 61.8 Å². The van der Waals surface area contributed by atoms with Gasteiger partial charge in [-0.25, -0.2) is 4.79 Å². The zero-order valence-electron chi connectivity index (χ0n) is 18.4. The first-order chi connectivity index (χ1) is 14.2. The molecule has 1 heterocycles. The number of thiophene rings is 1. The van der Waals surface area contributed by atoms with Crippen molar-refractivity contribution in [1.82, 2.24) is 0 Å². The van der Waals surface area contributed by atoms with Crippen LogP contribution in [0.15, 0.2) is 35.2 Å². The van der Waals surface area contributed by atoms with Crippen molar-refractivity contribution in [3.05, 3.63) is 46.3 Å². The van der Waals surface area contributed by atoms with Gasteiger partial charge < -0.3 is 10.1 Å². The van der Waals surface area contributed by atoms with Crippen LogP contribution in [0, 0.1) is 11.3 Å². The molecule has 0 saturated heterocycles. The number of hydrogen-bond acceptors (Lipinski definition) is 5. The Labute approximate surface area is 187 Å². The lowest BCUT2D eigenvalue weighted by molar-refractivity contribution is -0.115. The van der Waals surface area contributed by atoms with Crippen LogP contribution >= 0.6 is 23.1 Å². The number of carbonyl (C=O) groups excluding carboxylic acids is 2. The summed E-state index contributed by atoms with van der Waals surface area (Å²) in [6, 6.07) is 9.88. The van der Waals surface area contributed by atoms with E-state index in [9.17, 15) is 9.59 Å². The molecule has 0 bridgehead atoms. The van der Waals surface area contributed by atoms with Gasteiger partial charge in [-0.05, 0) is 62.1 Å². The maximum Gasteiger partial charge on any atom is 0.341 e. The average Bonchev–Trinajstić information content (AvgIpc) is 3.05. The molecule has 1 amide bonds. The summed E-state index contributed by atoms with van der Waals surface area (Å²) in [7, 11) is 0. The third-order valence-corrected chi connectivity index (χ3v) is 7.91. The Morgan fingerprint density at radius 3 is 2.60 bits per heavy atom. The van der Waals surface area contributed by atoms with Crippen molar-refractivity contribution in [3.63, 3.8) is 0 Å². The first-order valence-corrected chi connectivity index (χ1v) is 12.2. The number of rotatable bonds is 6. The Morgan fingerprint density at radius 2 is 1.97 bits per heavy atom. The molecule has 0 saturated carbocycles. The fourth-order valence-corrected chi connectivity index (χ4v) is 6.01. The summed E-state index contributed by atoms with van der Waals surface area (Å²) in [4.78, 5) is 27.9. The van der Waals surface area contributed by atoms with Gasteiger partial charge in [-0.2, -0.15) is 0 Å². The summed E-state index contributed by atoms with van der Waals surface area (Å²) in [6.45, 7) is 10.8. The van der Waals surface area contributed by atoms with Gasteiger partial charge in [0.05, 0.1) is 17.4 Å². The largest absolute Gasteiger partial charge is 0.462 e. The monoisotopic (exact) mass is 445 g/mol. The SMILES string of the molecule is CCOC(=O)c1c(NC(=O)C(C)Sc2ccccc2)sc2c1CCC(C(C)(C)C)C2. The molecule has 0 aliphatic heterocycles. The van der Waals surface area contributed by atoms with Crippen molar-refractivity contribution in [1.29, 1.82) is 0 Å². The second kappa shape index (κ2) is 9.56. The van der Waals surface area contributed by atoms with E-state index in [1.165, 1.54) is 16.6 Å². The van der Waals surface area contributed by atoms with Gasteiger partial charge in [0.25, 0.3) is 0 Å². The van der Waals surface area contributed by atoms with Gasteiger partial charge in [0.1, 0.15) is 5.00 Å². The standard InChI is InChI=1S/C24H31NO3S2/c1-6-28-23(27)20-18-13-12-16(24(3,4)5)14-19(18)30-22(20)25-21(26)15(2)29-17-10-8-7-9-11-17/h7-11,15-16H,6,12-14H2,1-5H3,(H,25,26). The molecule has 30 heavy (non-hydrogen) atoms. The average molecular weight is 446 g/mol. The molecule has 1 aliphatic rings. The van der Waals surface area contributed by atoms with Crippen LogP contribution in [0.2, 0.25) is 0 Å². The second-order valence-corrected chi connectivity index (χ2v) is 11.3. The maximum atomic E-state index is 12.9. The Hall–Kier alpha value is -1.79. The molecule has 0 spiro atoms. The van der Waals surface area contributed by atoms with Crippen molar-refractivity contribution in [2.24, 2.45) is 11.3 Å². The van der Waals surface area contributed by atoms with E-state index in [4.69, 9.17) is 4.74 Å². The number of nitrogens with one attached hydrogen (secondary N) is 1. The van der Waals surface area contributed by atoms with Crippen molar-refractivity contribution in [2.75, 3.05) is 11.9 Å². The van der Waals surface area contributed by atoms with Gasteiger partial charge in [0.2, 0.25) is 5.91 Å². The lowest BCUT2D eigenvalue weighted by atomic mass is 9.72. The van der Waals surface area contributed by atoms with Gasteiger partial charge in [-0.3, -0.25) is 4.79 Å². The number of anilines is 1. The zero-order valence-corrected chi connectivity index (χ0v) is 20.0. The fourth-order valence-electron chi connectivity index (χ4n) is 3.80. The van der Waals surface area contributed by atoms with Crippen LogP contribution in [0.5, 0.6) is 0 Å². The topological polar surface area (TPSA) is 55.4 Å². The number of hydrogen-bond donors (Lipinski definition) is 1. The minimum Gasteiger partial charge on any atom is -0.462 e. The van der Waals surface area contributed by atoms with Gasteiger partial charge in [-0.1, -0.05) is 39.0 Å². The summed E-state index contributed by atoms with van der Waals surface area (Å²) in [6.07, 6.45) is 2.85. The highest BCUT2D eigenvalue weighted by molar-refractivity contribution is 8.00. The van der Waals surface area contributed by atoms with Crippen LogP contribution in [-0.4, -0.2) is 23.7 Å². The van der Waals surface area contributed by atoms with Crippen molar-refractivity contribution in [3.8, 4) is 0 Å². The highest BCUT2D eigenvalue weighted by atomic mass is 32.2. The molecule has 2 aromatic rings. The van der Waals surface area contributed by atoms with Gasteiger partial charge in [-0.15, -0.1) is 23.1 Å². The molecular formula is C24H31NO3S2. The molecule has 162 valence electrons. The summed E-state index contributed by atoms with van der Waals surface area (Å²) in [5, 5.41) is 3.40. The van der Waals surface area contributed by atoms with E-state index in [2.05, 4.69) is 26.1 Å². The fraction of sp³-hybridized carbons (Fsp3) is 0.500. The van der Waals surface area contributed by atoms with Crippen LogP contribution < -0.4 is 5.32 Å². The van der Waals surface area contributed by atoms with Gasteiger partial charge in [0, 0.05) is 9.77 Å². The number of benzene rings is 1. The normalized spacial score (nSPS) is 17.2. The molecule has 1 aromatic heterocycles. The number of thioether (sulfide) groups is 1. The van der Waals surface area contributed by atoms with E-state index in [0.717, 1.165) is 29.7 Å². The van der Waals surface area contributed by atoms with Gasteiger partial charge >= 0.3 is 5.97 Å². The molecule has 4 nitrogen and oxygen atoms in total. The number of amides is 1. The molecule has 2 atom stereocenters. The predicted molar refractivity (Wildman–Crippen MR) is 126 cm³/mol. The van der Waals surface area contributed by atoms with Crippen LogP contribution in [0.4, 0.5) is 5.00 Å². The molecule has 2 unspecified atom stereocenters. The van der Waals surface area contributed by atoms with E-state index in [1.54, 1.807) is 11.3 Å². The Kier molecular flexibility index (Phi) is 7.30. The third kappa shape index (κ3) is 5.27. The molecular weight excluding hydrogens is 414 g/mol.